The SMILES string of the molecule is O=C(O)[C@@H]1[C@@H](Cc2ccccn2)C(=O)N1C(=O)NCC(c1ccccc1)c1ccccc1. The van der Waals surface area contributed by atoms with E-state index in [9.17, 15) is 19.5 Å². The lowest BCUT2D eigenvalue weighted by molar-refractivity contribution is -0.165. The summed E-state index contributed by atoms with van der Waals surface area (Å²) in [7, 11) is 0. The highest BCUT2D eigenvalue weighted by Gasteiger charge is 2.54. The molecule has 2 N–H and O–H groups in total. The molecule has 1 aromatic heterocycles. The first-order chi connectivity index (χ1) is 15.6. The Morgan fingerprint density at radius 2 is 1.53 bits per heavy atom. The number of carbonyl (C=O) groups excluding carboxylic acids is 2. The molecule has 162 valence electrons. The van der Waals surface area contributed by atoms with Crippen LogP contribution in [0.1, 0.15) is 22.7 Å². The molecular weight excluding hydrogens is 406 g/mol. The molecule has 1 fully saturated rings. The first-order valence-electron chi connectivity index (χ1n) is 10.4. The fourth-order valence-corrected chi connectivity index (χ4v) is 4.07. The number of β-lactam (4-membered cyclic amide) rings is 1. The Morgan fingerprint density at radius 3 is 2.06 bits per heavy atom. The van der Waals surface area contributed by atoms with Crippen LogP contribution >= 0.6 is 0 Å². The summed E-state index contributed by atoms with van der Waals surface area (Å²) in [6, 6.07) is 22.8. The Kier molecular flexibility index (Phi) is 6.26. The third-order valence-electron chi connectivity index (χ3n) is 5.70. The molecule has 1 aliphatic rings. The van der Waals surface area contributed by atoms with Gasteiger partial charge in [0.25, 0.3) is 0 Å². The van der Waals surface area contributed by atoms with Gasteiger partial charge >= 0.3 is 12.0 Å². The van der Waals surface area contributed by atoms with Gasteiger partial charge in [-0.05, 0) is 23.3 Å². The monoisotopic (exact) mass is 429 g/mol. The summed E-state index contributed by atoms with van der Waals surface area (Å²) in [5.74, 6) is -2.66. The number of pyridine rings is 1. The first kappa shape index (κ1) is 21.2. The number of hydrogen-bond donors (Lipinski definition) is 2. The highest BCUT2D eigenvalue weighted by atomic mass is 16.4. The number of imide groups is 1. The third kappa shape index (κ3) is 4.37. The summed E-state index contributed by atoms with van der Waals surface area (Å²) >= 11 is 0. The molecule has 0 bridgehead atoms. The molecule has 0 spiro atoms. The Morgan fingerprint density at radius 1 is 0.938 bits per heavy atom. The number of carbonyl (C=O) groups is 3. The van der Waals surface area contributed by atoms with E-state index in [-0.39, 0.29) is 18.9 Å². The van der Waals surface area contributed by atoms with Crippen LogP contribution in [0.4, 0.5) is 4.79 Å². The lowest BCUT2D eigenvalue weighted by Crippen LogP contribution is -2.68. The van der Waals surface area contributed by atoms with E-state index >= 15 is 0 Å². The average molecular weight is 429 g/mol. The molecule has 0 aliphatic carbocycles. The van der Waals surface area contributed by atoms with E-state index in [1.165, 1.54) is 0 Å². The molecule has 3 amide bonds. The van der Waals surface area contributed by atoms with Crippen LogP contribution in [-0.4, -0.2) is 45.5 Å². The van der Waals surface area contributed by atoms with Gasteiger partial charge in [0.1, 0.15) is 0 Å². The van der Waals surface area contributed by atoms with E-state index in [1.54, 1.807) is 24.4 Å². The molecule has 0 unspecified atom stereocenters. The molecule has 1 aliphatic heterocycles. The van der Waals surface area contributed by atoms with Crippen LogP contribution in [0.15, 0.2) is 85.1 Å². The standard InChI is InChI=1S/C25H23N3O4/c29-23-20(15-19-13-7-8-14-26-19)22(24(30)31)28(23)25(32)27-16-21(17-9-3-1-4-10-17)18-11-5-2-6-12-18/h1-14,20-22H,15-16H2,(H,27,32)(H,30,31)/t20-,22+/m1/s1. The minimum Gasteiger partial charge on any atom is -0.480 e. The van der Waals surface area contributed by atoms with Crippen LogP contribution in [-0.2, 0) is 16.0 Å². The number of aliphatic carboxylic acids is 1. The van der Waals surface area contributed by atoms with Crippen LogP contribution in [0.2, 0.25) is 0 Å². The summed E-state index contributed by atoms with van der Waals surface area (Å²) in [5, 5.41) is 12.4. The molecule has 2 heterocycles. The van der Waals surface area contributed by atoms with Crippen LogP contribution in [0.5, 0.6) is 0 Å². The lowest BCUT2D eigenvalue weighted by atomic mass is 9.83. The van der Waals surface area contributed by atoms with E-state index < -0.39 is 29.9 Å². The van der Waals surface area contributed by atoms with E-state index in [4.69, 9.17) is 0 Å². The van der Waals surface area contributed by atoms with Gasteiger partial charge in [-0.3, -0.25) is 9.78 Å². The smallest absolute Gasteiger partial charge is 0.327 e. The fourth-order valence-electron chi connectivity index (χ4n) is 4.07. The van der Waals surface area contributed by atoms with Crippen molar-refractivity contribution >= 4 is 17.9 Å². The summed E-state index contributed by atoms with van der Waals surface area (Å²) in [6.07, 6.45) is 1.77. The summed E-state index contributed by atoms with van der Waals surface area (Å²) in [4.78, 5) is 42.3. The van der Waals surface area contributed by atoms with E-state index in [0.717, 1.165) is 16.0 Å². The molecule has 3 aromatic rings. The number of likely N-dealkylation sites (tertiary alicyclic amines) is 1. The number of amides is 3. The van der Waals surface area contributed by atoms with Gasteiger partial charge in [-0.1, -0.05) is 66.7 Å². The number of benzene rings is 2. The molecule has 0 saturated carbocycles. The number of carboxylic acid groups (broad SMARTS) is 1. The highest BCUT2D eigenvalue weighted by molar-refractivity contribution is 6.07. The van der Waals surface area contributed by atoms with Gasteiger partial charge < -0.3 is 10.4 Å². The van der Waals surface area contributed by atoms with Crippen LogP contribution in [0, 0.1) is 5.92 Å². The average Bonchev–Trinajstić information content (AvgIpc) is 2.82. The Bertz CT molecular complexity index is 1050. The van der Waals surface area contributed by atoms with Crippen molar-refractivity contribution in [3.63, 3.8) is 0 Å². The van der Waals surface area contributed by atoms with Gasteiger partial charge in [0, 0.05) is 30.8 Å². The molecule has 7 heteroatoms. The number of nitrogens with zero attached hydrogens (tertiary/aromatic N) is 2. The fraction of sp³-hybridized carbons (Fsp3) is 0.200. The minimum absolute atomic E-state index is 0.134. The maximum atomic E-state index is 12.8. The number of rotatable bonds is 7. The molecule has 1 saturated heterocycles. The van der Waals surface area contributed by atoms with Gasteiger partial charge in [-0.25, -0.2) is 14.5 Å². The van der Waals surface area contributed by atoms with Gasteiger partial charge in [0.05, 0.1) is 5.92 Å². The first-order valence-corrected chi connectivity index (χ1v) is 10.4. The zero-order chi connectivity index (χ0) is 22.5. The third-order valence-corrected chi connectivity index (χ3v) is 5.70. The van der Waals surface area contributed by atoms with Crippen LogP contribution < -0.4 is 5.32 Å². The molecule has 4 rings (SSSR count). The Balaban J connectivity index is 1.47. The second-order valence-electron chi connectivity index (χ2n) is 7.68. The predicted octanol–water partition coefficient (Wildman–Crippen LogP) is 3.08. The summed E-state index contributed by atoms with van der Waals surface area (Å²) in [5.41, 5.74) is 2.64. The van der Waals surface area contributed by atoms with Crippen molar-refractivity contribution in [1.82, 2.24) is 15.2 Å². The molecule has 2 atom stereocenters. The van der Waals surface area contributed by atoms with E-state index in [2.05, 4.69) is 10.3 Å². The van der Waals surface area contributed by atoms with Gasteiger partial charge in [-0.2, -0.15) is 0 Å². The van der Waals surface area contributed by atoms with E-state index in [1.807, 2.05) is 60.7 Å². The topological polar surface area (TPSA) is 99.6 Å². The highest BCUT2D eigenvalue weighted by Crippen LogP contribution is 2.30. The van der Waals surface area contributed by atoms with Crippen molar-refractivity contribution in [1.29, 1.82) is 0 Å². The van der Waals surface area contributed by atoms with Gasteiger partial charge in [0.15, 0.2) is 6.04 Å². The van der Waals surface area contributed by atoms with Gasteiger partial charge in [0.2, 0.25) is 5.91 Å². The van der Waals surface area contributed by atoms with Gasteiger partial charge in [-0.15, -0.1) is 0 Å². The molecular formula is C25H23N3O4. The van der Waals surface area contributed by atoms with Crippen molar-refractivity contribution in [2.24, 2.45) is 5.92 Å². The normalized spacial score (nSPS) is 17.7. The second kappa shape index (κ2) is 9.43. The molecule has 0 radical (unpaired) electrons. The number of nitrogens with one attached hydrogen (secondary N) is 1. The maximum Gasteiger partial charge on any atom is 0.327 e. The maximum absolute atomic E-state index is 12.8. The molecule has 2 aromatic carbocycles. The second-order valence-corrected chi connectivity index (χ2v) is 7.68. The number of urea groups is 1. The minimum atomic E-state index is -1.21. The zero-order valence-corrected chi connectivity index (χ0v) is 17.3. The summed E-state index contributed by atoms with van der Waals surface area (Å²) in [6.45, 7) is 0.230. The number of carboxylic acids is 1. The van der Waals surface area contributed by atoms with Crippen molar-refractivity contribution in [3.8, 4) is 0 Å². The summed E-state index contributed by atoms with van der Waals surface area (Å²) < 4.78 is 0. The Labute approximate surface area is 185 Å². The van der Waals surface area contributed by atoms with Crippen molar-refractivity contribution in [2.45, 2.75) is 18.4 Å². The Hall–Kier alpha value is -4.00. The predicted molar refractivity (Wildman–Crippen MR) is 118 cm³/mol. The van der Waals surface area contributed by atoms with Crippen molar-refractivity contribution < 1.29 is 19.5 Å². The van der Waals surface area contributed by atoms with Crippen molar-refractivity contribution in [3.05, 3.63) is 102 Å². The lowest BCUT2D eigenvalue weighted by Gasteiger charge is -2.42. The van der Waals surface area contributed by atoms with Crippen LogP contribution in [0.3, 0.4) is 0 Å². The number of aromatic nitrogens is 1. The van der Waals surface area contributed by atoms with Crippen molar-refractivity contribution in [2.75, 3.05) is 6.54 Å². The molecule has 7 nitrogen and oxygen atoms in total. The zero-order valence-electron chi connectivity index (χ0n) is 17.3. The number of hydrogen-bond acceptors (Lipinski definition) is 4. The van der Waals surface area contributed by atoms with Crippen LogP contribution in [0.25, 0.3) is 0 Å². The quantitative estimate of drug-likeness (QED) is 0.563. The molecule has 32 heavy (non-hydrogen) atoms. The van der Waals surface area contributed by atoms with E-state index in [0.29, 0.717) is 5.69 Å². The largest absolute Gasteiger partial charge is 0.480 e.